The number of hydrogen-bond acceptors (Lipinski definition) is 3. The lowest BCUT2D eigenvalue weighted by Gasteiger charge is -2.39. The van der Waals surface area contributed by atoms with Crippen LogP contribution in [-0.4, -0.2) is 69.4 Å². The van der Waals surface area contributed by atoms with Crippen LogP contribution >= 0.6 is 12.6 Å². The largest absolute Gasteiger partial charge is 0.339 e. The zero-order chi connectivity index (χ0) is 29.6. The number of aromatic nitrogens is 1. The van der Waals surface area contributed by atoms with E-state index in [9.17, 15) is 14.4 Å². The van der Waals surface area contributed by atoms with Gasteiger partial charge in [0.15, 0.2) is 6.21 Å². The van der Waals surface area contributed by atoms with E-state index in [0.29, 0.717) is 5.57 Å². The highest BCUT2D eigenvalue weighted by Crippen LogP contribution is 2.40. The van der Waals surface area contributed by atoms with Gasteiger partial charge in [0, 0.05) is 36.1 Å². The molecule has 0 saturated carbocycles. The van der Waals surface area contributed by atoms with Gasteiger partial charge in [0.2, 0.25) is 17.1 Å². The monoisotopic (exact) mass is 553 g/mol. The Bertz CT molecular complexity index is 1360. The molecule has 0 saturated heterocycles. The number of hydrogen-bond donors (Lipinski definition) is 2. The lowest BCUT2D eigenvalue weighted by molar-refractivity contribution is -0.531. The molecule has 1 aromatic carbocycles. The Morgan fingerprint density at radius 1 is 1.18 bits per heavy atom. The summed E-state index contributed by atoms with van der Waals surface area (Å²) in [4.78, 5) is 41.5. The number of rotatable bonds is 7. The van der Waals surface area contributed by atoms with Crippen molar-refractivity contribution in [2.45, 2.75) is 78.9 Å². The first kappa shape index (κ1) is 30.7. The van der Waals surface area contributed by atoms with Crippen molar-refractivity contribution in [1.82, 2.24) is 14.8 Å². The van der Waals surface area contributed by atoms with Crippen molar-refractivity contribution in [3.8, 4) is 0 Å². The first-order chi connectivity index (χ1) is 17.9. The van der Waals surface area contributed by atoms with Gasteiger partial charge in [0.25, 0.3) is 5.91 Å². The Labute approximate surface area is 238 Å². The Hall–Kier alpha value is -2.87. The molecule has 3 atom stereocenters. The summed E-state index contributed by atoms with van der Waals surface area (Å²) in [6.45, 7) is 15.8. The molecule has 0 fully saturated rings. The molecule has 1 aliphatic heterocycles. The van der Waals surface area contributed by atoms with Crippen LogP contribution in [0, 0.1) is 11.3 Å². The van der Waals surface area contributed by atoms with E-state index in [2.05, 4.69) is 55.5 Å². The average molecular weight is 554 g/mol. The second-order valence-electron chi connectivity index (χ2n) is 12.9. The summed E-state index contributed by atoms with van der Waals surface area (Å²) in [5, 5.41) is 3.95. The van der Waals surface area contributed by atoms with Crippen molar-refractivity contribution in [3.63, 3.8) is 0 Å². The first-order valence-electron chi connectivity index (χ1n) is 13.5. The summed E-state index contributed by atoms with van der Waals surface area (Å²) in [7, 11) is 5.70. The molecule has 39 heavy (non-hydrogen) atoms. The van der Waals surface area contributed by atoms with E-state index >= 15 is 0 Å². The van der Waals surface area contributed by atoms with Gasteiger partial charge in [0.1, 0.15) is 18.8 Å². The van der Waals surface area contributed by atoms with Crippen LogP contribution in [0.4, 0.5) is 0 Å². The Kier molecular flexibility index (Phi) is 8.61. The molecule has 7 nitrogen and oxygen atoms in total. The van der Waals surface area contributed by atoms with Crippen LogP contribution in [0.2, 0.25) is 0 Å². The van der Waals surface area contributed by atoms with Crippen LogP contribution in [0.3, 0.4) is 0 Å². The summed E-state index contributed by atoms with van der Waals surface area (Å²) in [6.07, 6.45) is 3.82. The minimum atomic E-state index is -0.769. The highest BCUT2D eigenvalue weighted by Gasteiger charge is 2.51. The lowest BCUT2D eigenvalue weighted by atomic mass is 9.73. The third kappa shape index (κ3) is 5.72. The maximum absolute atomic E-state index is 14.1. The molecular weight excluding hydrogens is 508 g/mol. The van der Waals surface area contributed by atoms with E-state index in [0.717, 1.165) is 22.2 Å². The van der Waals surface area contributed by atoms with Gasteiger partial charge in [-0.3, -0.25) is 14.4 Å². The molecule has 0 radical (unpaired) electrons. The summed E-state index contributed by atoms with van der Waals surface area (Å²) in [5.41, 5.74) is 2.73. The number of likely N-dealkylation sites (N-methyl/N-ethyl adjacent to an activating group) is 2. The van der Waals surface area contributed by atoms with Crippen molar-refractivity contribution in [2.24, 2.45) is 18.4 Å². The van der Waals surface area contributed by atoms with Gasteiger partial charge in [-0.05, 0) is 38.2 Å². The smallest absolute Gasteiger partial charge is 0.290 e. The number of amides is 2. The van der Waals surface area contributed by atoms with Crippen LogP contribution in [0.25, 0.3) is 10.9 Å². The Balaban J connectivity index is 2.00. The third-order valence-electron chi connectivity index (χ3n) is 8.10. The second kappa shape index (κ2) is 11.0. The molecule has 0 spiro atoms. The molecule has 1 N–H and O–H groups in total. The number of fused-ring (bicyclic) bond motifs is 3. The van der Waals surface area contributed by atoms with Crippen LogP contribution < -0.4 is 5.32 Å². The first-order valence-corrected chi connectivity index (χ1v) is 14.0. The lowest BCUT2D eigenvalue weighted by Crippen LogP contribution is -2.61. The van der Waals surface area contributed by atoms with Gasteiger partial charge in [-0.2, -0.15) is 0 Å². The number of carbonyl (C=O) groups excluding carboxylic acids is 3. The van der Waals surface area contributed by atoms with Crippen LogP contribution in [0.5, 0.6) is 0 Å². The van der Waals surface area contributed by atoms with Crippen molar-refractivity contribution >= 4 is 46.7 Å². The molecule has 3 unspecified atom stereocenters. The number of benzene rings is 1. The fourth-order valence-electron chi connectivity index (χ4n) is 5.97. The predicted molar refractivity (Wildman–Crippen MR) is 162 cm³/mol. The molecule has 212 valence electrons. The molecule has 2 heterocycles. The maximum atomic E-state index is 14.1. The number of aryl methyl sites for hydroxylation is 1. The van der Waals surface area contributed by atoms with Gasteiger partial charge in [-0.15, -0.1) is 12.6 Å². The maximum Gasteiger partial charge on any atom is 0.290 e. The van der Waals surface area contributed by atoms with Gasteiger partial charge in [-0.25, -0.2) is 4.58 Å². The number of para-hydroxylation sites is 1. The summed E-state index contributed by atoms with van der Waals surface area (Å²) in [6, 6.07) is 6.64. The number of carbonyl (C=O) groups is 3. The van der Waals surface area contributed by atoms with Gasteiger partial charge in [-0.1, -0.05) is 58.9 Å². The average Bonchev–Trinajstić information content (AvgIpc) is 3.11. The zero-order valence-electron chi connectivity index (χ0n) is 25.3. The summed E-state index contributed by atoms with van der Waals surface area (Å²) in [5.74, 6) is -0.339. The number of nitrogens with one attached hydrogen (secondary N) is 1. The normalized spacial score (nSPS) is 18.8. The SMILES string of the molecule is CC(=CC(C(C)C)N(C)C(=O)C(NC(=O)C1[N+](C)=Cc2c(c3ccccc3n2C)C1(C)C)C(C)(C)C)C(=O)S. The molecule has 3 rings (SSSR count). The van der Waals surface area contributed by atoms with E-state index in [-0.39, 0.29) is 28.9 Å². The van der Waals surface area contributed by atoms with E-state index in [1.54, 1.807) is 24.9 Å². The minimum absolute atomic E-state index is 0.0562. The van der Waals surface area contributed by atoms with Crippen molar-refractivity contribution in [1.29, 1.82) is 0 Å². The molecule has 0 bridgehead atoms. The quantitative estimate of drug-likeness (QED) is 0.305. The van der Waals surface area contributed by atoms with E-state index in [1.165, 1.54) is 0 Å². The van der Waals surface area contributed by atoms with Gasteiger partial charge >= 0.3 is 0 Å². The van der Waals surface area contributed by atoms with Crippen molar-refractivity contribution < 1.29 is 19.0 Å². The van der Waals surface area contributed by atoms with E-state index in [1.807, 2.05) is 64.6 Å². The topological polar surface area (TPSA) is 74.4 Å². The van der Waals surface area contributed by atoms with Gasteiger partial charge < -0.3 is 14.8 Å². The minimum Gasteiger partial charge on any atom is -0.339 e. The summed E-state index contributed by atoms with van der Waals surface area (Å²) < 4.78 is 4.14. The van der Waals surface area contributed by atoms with Crippen LogP contribution in [0.15, 0.2) is 35.9 Å². The number of thiol groups is 1. The highest BCUT2D eigenvalue weighted by atomic mass is 32.1. The molecule has 1 aromatic heterocycles. The third-order valence-corrected chi connectivity index (χ3v) is 8.45. The number of nitrogens with zero attached hydrogens (tertiary/aromatic N) is 3. The predicted octanol–water partition coefficient (Wildman–Crippen LogP) is 4.32. The van der Waals surface area contributed by atoms with Crippen molar-refractivity contribution in [3.05, 3.63) is 47.2 Å². The van der Waals surface area contributed by atoms with Crippen LogP contribution in [-0.2, 0) is 26.8 Å². The fraction of sp³-hybridized carbons (Fsp3) is 0.548. The Morgan fingerprint density at radius 2 is 1.77 bits per heavy atom. The second-order valence-corrected chi connectivity index (χ2v) is 13.3. The molecule has 0 aliphatic carbocycles. The van der Waals surface area contributed by atoms with Crippen molar-refractivity contribution in [2.75, 3.05) is 14.1 Å². The fourth-order valence-corrected chi connectivity index (χ4v) is 6.04. The molecular formula is C31H45N4O3S+. The molecule has 2 aromatic rings. The standard InChI is InChI=1S/C31H44N4O3S/c1-18(2)22(16-19(3)29(38)39)35(11)28(37)25(30(4,5)6)32-27(36)26-31(7,8)24-20-14-12-13-15-21(20)34(10)23(24)17-33(26)9/h12-18,22,25-26H,1-11H3,(H-,32,36,38,39)/p+1. The molecule has 2 amide bonds. The zero-order valence-corrected chi connectivity index (χ0v) is 26.2. The van der Waals surface area contributed by atoms with Gasteiger partial charge in [0.05, 0.1) is 11.5 Å². The Morgan fingerprint density at radius 3 is 2.31 bits per heavy atom. The molecule has 8 heteroatoms. The van der Waals surface area contributed by atoms with Crippen LogP contribution in [0.1, 0.15) is 66.6 Å². The molecule has 1 aliphatic rings. The van der Waals surface area contributed by atoms with E-state index < -0.39 is 22.9 Å². The highest BCUT2D eigenvalue weighted by molar-refractivity contribution is 7.97. The van der Waals surface area contributed by atoms with E-state index in [4.69, 9.17) is 0 Å². The summed E-state index contributed by atoms with van der Waals surface area (Å²) >= 11 is 3.94.